The maximum absolute atomic E-state index is 12.4. The molecule has 2 atom stereocenters. The average molecular weight is 276 g/mol. The number of rotatable bonds is 3. The van der Waals surface area contributed by atoms with Crippen LogP contribution in [0, 0.1) is 0 Å². The van der Waals surface area contributed by atoms with E-state index in [4.69, 9.17) is 9.47 Å². The van der Waals surface area contributed by atoms with Crippen molar-refractivity contribution in [2.75, 3.05) is 26.7 Å². The van der Waals surface area contributed by atoms with Crippen LogP contribution in [0.2, 0.25) is 0 Å². The Morgan fingerprint density at radius 2 is 2.20 bits per heavy atom. The molecule has 1 fully saturated rings. The highest BCUT2D eigenvalue weighted by Gasteiger charge is 2.30. The van der Waals surface area contributed by atoms with Gasteiger partial charge in [-0.05, 0) is 31.5 Å². The molecule has 0 bridgehead atoms. The summed E-state index contributed by atoms with van der Waals surface area (Å²) in [7, 11) is 1.83. The van der Waals surface area contributed by atoms with Gasteiger partial charge in [-0.3, -0.25) is 4.79 Å². The first-order valence-electron chi connectivity index (χ1n) is 7.11. The van der Waals surface area contributed by atoms with Gasteiger partial charge in [0.05, 0.1) is 0 Å². The van der Waals surface area contributed by atoms with E-state index in [1.165, 1.54) is 6.42 Å². The topological polar surface area (TPSA) is 50.8 Å². The maximum Gasteiger partial charge on any atom is 0.267 e. The van der Waals surface area contributed by atoms with Gasteiger partial charge in [0.25, 0.3) is 5.91 Å². The highest BCUT2D eigenvalue weighted by atomic mass is 16.6. The number of ether oxygens (including phenoxy) is 2. The minimum absolute atomic E-state index is 0.0202. The minimum atomic E-state index is -0.545. The quantitative estimate of drug-likeness (QED) is 0.896. The number of fused-ring (bicyclic) bond motifs is 1. The molecular weight excluding hydrogens is 256 g/mol. The lowest BCUT2D eigenvalue weighted by Gasteiger charge is -2.30. The average Bonchev–Trinajstić information content (AvgIpc) is 2.99. The molecule has 2 aliphatic heterocycles. The molecule has 108 valence electrons. The van der Waals surface area contributed by atoms with Crippen LogP contribution < -0.4 is 14.8 Å². The Morgan fingerprint density at radius 1 is 1.40 bits per heavy atom. The lowest BCUT2D eigenvalue weighted by atomic mass is 10.2. The van der Waals surface area contributed by atoms with E-state index in [1.54, 1.807) is 4.90 Å². The summed E-state index contributed by atoms with van der Waals surface area (Å²) < 4.78 is 11.3. The number of para-hydroxylation sites is 2. The molecule has 5 nitrogen and oxygen atoms in total. The Labute approximate surface area is 118 Å². The molecule has 2 unspecified atom stereocenters. The molecule has 3 rings (SSSR count). The zero-order chi connectivity index (χ0) is 13.9. The second-order valence-electron chi connectivity index (χ2n) is 5.38. The third-order valence-corrected chi connectivity index (χ3v) is 3.82. The third kappa shape index (κ3) is 2.72. The number of hydrogen-bond acceptors (Lipinski definition) is 4. The summed E-state index contributed by atoms with van der Waals surface area (Å²) in [6, 6.07) is 7.85. The summed E-state index contributed by atoms with van der Waals surface area (Å²) in [5, 5.41) is 3.39. The van der Waals surface area contributed by atoms with Gasteiger partial charge < -0.3 is 19.7 Å². The molecular formula is C15H20N2O3. The monoisotopic (exact) mass is 276 g/mol. The summed E-state index contributed by atoms with van der Waals surface area (Å²) in [6.07, 6.45) is 1.77. The van der Waals surface area contributed by atoms with Crippen LogP contribution in [0.4, 0.5) is 0 Å². The molecule has 1 N–H and O–H groups in total. The minimum Gasteiger partial charge on any atom is -0.485 e. The predicted molar refractivity (Wildman–Crippen MR) is 75.0 cm³/mol. The summed E-state index contributed by atoms with van der Waals surface area (Å²) >= 11 is 0. The first-order valence-corrected chi connectivity index (χ1v) is 7.11. The fourth-order valence-corrected chi connectivity index (χ4v) is 2.72. The smallest absolute Gasteiger partial charge is 0.267 e. The number of hydrogen-bond donors (Lipinski definition) is 1. The lowest BCUT2D eigenvalue weighted by Crippen LogP contribution is -2.48. The number of benzene rings is 1. The van der Waals surface area contributed by atoms with Gasteiger partial charge in [0, 0.05) is 19.6 Å². The van der Waals surface area contributed by atoms with Crippen LogP contribution in [-0.4, -0.2) is 49.7 Å². The van der Waals surface area contributed by atoms with Gasteiger partial charge in [0.15, 0.2) is 11.5 Å². The second-order valence-corrected chi connectivity index (χ2v) is 5.38. The number of amides is 1. The van der Waals surface area contributed by atoms with Gasteiger partial charge in [0.1, 0.15) is 6.61 Å². The van der Waals surface area contributed by atoms with Crippen molar-refractivity contribution in [2.24, 2.45) is 0 Å². The predicted octanol–water partition coefficient (Wildman–Crippen LogP) is 1.04. The highest BCUT2D eigenvalue weighted by Crippen LogP contribution is 2.31. The fourth-order valence-electron chi connectivity index (χ4n) is 2.72. The molecule has 0 aliphatic carbocycles. The van der Waals surface area contributed by atoms with Gasteiger partial charge in [-0.25, -0.2) is 0 Å². The van der Waals surface area contributed by atoms with Crippen molar-refractivity contribution >= 4 is 5.91 Å². The molecule has 1 aromatic rings. The Kier molecular flexibility index (Phi) is 3.78. The first-order chi connectivity index (χ1) is 9.74. The van der Waals surface area contributed by atoms with Crippen molar-refractivity contribution in [3.05, 3.63) is 24.3 Å². The zero-order valence-electron chi connectivity index (χ0n) is 11.7. The third-order valence-electron chi connectivity index (χ3n) is 3.82. The molecule has 0 radical (unpaired) electrons. The number of carbonyl (C=O) groups excluding carboxylic acids is 1. The van der Waals surface area contributed by atoms with E-state index in [0.717, 1.165) is 19.5 Å². The highest BCUT2D eigenvalue weighted by molar-refractivity contribution is 5.81. The molecule has 1 aromatic carbocycles. The van der Waals surface area contributed by atoms with Crippen molar-refractivity contribution in [1.82, 2.24) is 10.2 Å². The molecule has 2 aliphatic rings. The Hall–Kier alpha value is -1.75. The van der Waals surface area contributed by atoms with Gasteiger partial charge in [-0.2, -0.15) is 0 Å². The lowest BCUT2D eigenvalue weighted by molar-refractivity contribution is -0.140. The van der Waals surface area contributed by atoms with Crippen molar-refractivity contribution < 1.29 is 14.3 Å². The molecule has 1 saturated heterocycles. The molecule has 0 spiro atoms. The van der Waals surface area contributed by atoms with Crippen LogP contribution >= 0.6 is 0 Å². The Morgan fingerprint density at radius 3 is 2.95 bits per heavy atom. The molecule has 0 saturated carbocycles. The van der Waals surface area contributed by atoms with Crippen molar-refractivity contribution in [1.29, 1.82) is 0 Å². The molecule has 5 heteroatoms. The molecule has 2 heterocycles. The van der Waals surface area contributed by atoms with E-state index >= 15 is 0 Å². The number of nitrogens with zero attached hydrogens (tertiary/aromatic N) is 1. The number of nitrogens with one attached hydrogen (secondary N) is 1. The van der Waals surface area contributed by atoms with Crippen LogP contribution in [0.5, 0.6) is 11.5 Å². The summed E-state index contributed by atoms with van der Waals surface area (Å²) in [4.78, 5) is 14.1. The summed E-state index contributed by atoms with van der Waals surface area (Å²) in [5.41, 5.74) is 0. The first kappa shape index (κ1) is 13.2. The van der Waals surface area contributed by atoms with E-state index in [-0.39, 0.29) is 12.5 Å². The largest absolute Gasteiger partial charge is 0.485 e. The normalized spacial score (nSPS) is 24.4. The van der Waals surface area contributed by atoms with E-state index < -0.39 is 6.10 Å². The van der Waals surface area contributed by atoms with Crippen molar-refractivity contribution in [3.8, 4) is 11.5 Å². The van der Waals surface area contributed by atoms with Crippen LogP contribution in [0.25, 0.3) is 0 Å². The van der Waals surface area contributed by atoms with Gasteiger partial charge in [-0.1, -0.05) is 12.1 Å². The van der Waals surface area contributed by atoms with Crippen molar-refractivity contribution in [3.63, 3.8) is 0 Å². The Bertz CT molecular complexity index is 486. The zero-order valence-corrected chi connectivity index (χ0v) is 11.7. The van der Waals surface area contributed by atoms with Crippen LogP contribution in [0.1, 0.15) is 12.8 Å². The summed E-state index contributed by atoms with van der Waals surface area (Å²) in [5.74, 6) is 1.33. The Balaban J connectivity index is 1.60. The summed E-state index contributed by atoms with van der Waals surface area (Å²) in [6.45, 7) is 2.04. The van der Waals surface area contributed by atoms with Crippen LogP contribution in [0.3, 0.4) is 0 Å². The van der Waals surface area contributed by atoms with Gasteiger partial charge in [0.2, 0.25) is 6.10 Å². The molecule has 0 aromatic heterocycles. The van der Waals surface area contributed by atoms with E-state index in [2.05, 4.69) is 5.32 Å². The standard InChI is InChI=1S/C15H20N2O3/c1-17(9-11-5-4-8-16-11)15(18)14-10-19-12-6-2-3-7-13(12)20-14/h2-3,6-7,11,14,16H,4-5,8-10H2,1H3. The van der Waals surface area contributed by atoms with Crippen LogP contribution in [-0.2, 0) is 4.79 Å². The second kappa shape index (κ2) is 5.71. The van der Waals surface area contributed by atoms with Crippen LogP contribution in [0.15, 0.2) is 24.3 Å². The van der Waals surface area contributed by atoms with Gasteiger partial charge in [-0.15, -0.1) is 0 Å². The van der Waals surface area contributed by atoms with E-state index in [0.29, 0.717) is 17.5 Å². The SMILES string of the molecule is CN(CC1CCCN1)C(=O)C1COc2ccccc2O1. The molecule has 20 heavy (non-hydrogen) atoms. The van der Waals surface area contributed by atoms with Crippen molar-refractivity contribution in [2.45, 2.75) is 25.0 Å². The van der Waals surface area contributed by atoms with E-state index in [1.807, 2.05) is 31.3 Å². The van der Waals surface area contributed by atoms with Gasteiger partial charge >= 0.3 is 0 Å². The van der Waals surface area contributed by atoms with E-state index in [9.17, 15) is 4.79 Å². The number of carbonyl (C=O) groups is 1. The maximum atomic E-state index is 12.4. The fraction of sp³-hybridized carbons (Fsp3) is 0.533. The number of likely N-dealkylation sites (N-methyl/N-ethyl adjacent to an activating group) is 1. The molecule has 1 amide bonds.